The van der Waals surface area contributed by atoms with Gasteiger partial charge >= 0.3 is 0 Å². The Hall–Kier alpha value is -0.860. The normalized spacial score (nSPS) is 17.8. The van der Waals surface area contributed by atoms with Gasteiger partial charge in [-0.25, -0.2) is 0 Å². The fourth-order valence-electron chi connectivity index (χ4n) is 3.55. The Morgan fingerprint density at radius 1 is 1.29 bits per heavy atom. The Balaban J connectivity index is 2.09. The van der Waals surface area contributed by atoms with Gasteiger partial charge in [-0.15, -0.1) is 0 Å². The van der Waals surface area contributed by atoms with E-state index in [2.05, 4.69) is 31.7 Å². The third-order valence-electron chi connectivity index (χ3n) is 5.40. The van der Waals surface area contributed by atoms with Crippen molar-refractivity contribution < 1.29 is 4.79 Å². The number of carbonyl (C=O) groups is 1. The van der Waals surface area contributed by atoms with Gasteiger partial charge in [0, 0.05) is 17.0 Å². The quantitative estimate of drug-likeness (QED) is 0.541. The summed E-state index contributed by atoms with van der Waals surface area (Å²) in [6, 6.07) is 5.93. The zero-order valence-corrected chi connectivity index (χ0v) is 16.2. The van der Waals surface area contributed by atoms with E-state index in [9.17, 15) is 4.79 Å². The molecule has 24 heavy (non-hydrogen) atoms. The summed E-state index contributed by atoms with van der Waals surface area (Å²) in [5.41, 5.74) is 2.10. The lowest BCUT2D eigenvalue weighted by Gasteiger charge is -2.33. The van der Waals surface area contributed by atoms with E-state index in [1.54, 1.807) is 0 Å². The van der Waals surface area contributed by atoms with Crippen molar-refractivity contribution in [2.75, 3.05) is 19.6 Å². The van der Waals surface area contributed by atoms with Gasteiger partial charge < -0.3 is 4.90 Å². The Kier molecular flexibility index (Phi) is 7.77. The molecule has 1 aliphatic rings. The third-order valence-corrected chi connectivity index (χ3v) is 5.64. The van der Waals surface area contributed by atoms with Crippen LogP contribution in [0.1, 0.15) is 81.1 Å². The molecule has 1 aliphatic heterocycles. The van der Waals surface area contributed by atoms with Crippen molar-refractivity contribution in [3.63, 3.8) is 0 Å². The van der Waals surface area contributed by atoms with Crippen LogP contribution in [-0.2, 0) is 0 Å². The predicted octanol–water partition coefficient (Wildman–Crippen LogP) is 5.94. The van der Waals surface area contributed by atoms with E-state index in [4.69, 9.17) is 11.6 Å². The second kappa shape index (κ2) is 9.58. The largest absolute Gasteiger partial charge is 0.303 e. The number of nitrogens with zero attached hydrogens (tertiary/aromatic N) is 1. The average Bonchev–Trinajstić information content (AvgIpc) is 2.60. The molecular weight excluding hydrogens is 318 g/mol. The van der Waals surface area contributed by atoms with Gasteiger partial charge in [0.1, 0.15) is 0 Å². The number of ketones is 1. The zero-order chi connectivity index (χ0) is 17.5. The molecule has 0 amide bonds. The van der Waals surface area contributed by atoms with Crippen LogP contribution in [0.5, 0.6) is 0 Å². The molecule has 0 spiro atoms. The highest BCUT2D eigenvalue weighted by molar-refractivity contribution is 6.31. The van der Waals surface area contributed by atoms with Crippen LogP contribution < -0.4 is 0 Å². The number of halogens is 1. The first-order chi connectivity index (χ1) is 11.5. The van der Waals surface area contributed by atoms with E-state index in [-0.39, 0.29) is 5.78 Å². The highest BCUT2D eigenvalue weighted by Gasteiger charge is 2.24. The van der Waals surface area contributed by atoms with Crippen LogP contribution in [0.3, 0.4) is 0 Å². The van der Waals surface area contributed by atoms with Crippen LogP contribution in [0.15, 0.2) is 18.2 Å². The maximum atomic E-state index is 12.8. The Morgan fingerprint density at radius 3 is 2.62 bits per heavy atom. The summed E-state index contributed by atoms with van der Waals surface area (Å²) in [4.78, 5) is 15.3. The molecule has 134 valence electrons. The van der Waals surface area contributed by atoms with Crippen LogP contribution in [0.25, 0.3) is 0 Å². The standard InChI is InChI=1S/C21H32ClNO/c1-4-6-11-23-12-9-17(10-13-23)19-8-7-18(22)15-20(19)21(24)14-16(3)5-2/h7-8,15-17H,4-6,9-14H2,1-3H3. The minimum atomic E-state index is 0.260. The molecule has 0 aromatic heterocycles. The molecule has 0 aliphatic carbocycles. The Bertz CT molecular complexity index is 535. The van der Waals surface area contributed by atoms with Crippen LogP contribution in [0.4, 0.5) is 0 Å². The summed E-state index contributed by atoms with van der Waals surface area (Å²) < 4.78 is 0. The molecule has 1 saturated heterocycles. The fourth-order valence-corrected chi connectivity index (χ4v) is 3.72. The van der Waals surface area contributed by atoms with Crippen molar-refractivity contribution in [3.05, 3.63) is 34.3 Å². The lowest BCUT2D eigenvalue weighted by Crippen LogP contribution is -2.34. The van der Waals surface area contributed by atoms with E-state index in [1.807, 2.05) is 12.1 Å². The monoisotopic (exact) mass is 349 g/mol. The number of unbranched alkanes of at least 4 members (excludes halogenated alkanes) is 1. The third kappa shape index (κ3) is 5.32. The molecule has 1 atom stereocenters. The van der Waals surface area contributed by atoms with Crippen LogP contribution in [-0.4, -0.2) is 30.3 Å². The second-order valence-electron chi connectivity index (χ2n) is 7.34. The van der Waals surface area contributed by atoms with Gasteiger partial charge in [-0.3, -0.25) is 4.79 Å². The molecule has 1 unspecified atom stereocenters. The van der Waals surface area contributed by atoms with Gasteiger partial charge in [-0.1, -0.05) is 51.3 Å². The van der Waals surface area contributed by atoms with E-state index in [0.717, 1.165) is 37.9 Å². The number of benzene rings is 1. The number of likely N-dealkylation sites (tertiary alicyclic amines) is 1. The maximum absolute atomic E-state index is 12.8. The molecule has 0 N–H and O–H groups in total. The van der Waals surface area contributed by atoms with Gasteiger partial charge in [0.05, 0.1) is 0 Å². The Morgan fingerprint density at radius 2 is 2.00 bits per heavy atom. The second-order valence-corrected chi connectivity index (χ2v) is 7.78. The summed E-state index contributed by atoms with van der Waals surface area (Å²) in [7, 11) is 0. The zero-order valence-electron chi connectivity index (χ0n) is 15.5. The Labute approximate surface area is 152 Å². The molecule has 0 saturated carbocycles. The van der Waals surface area contributed by atoms with E-state index < -0.39 is 0 Å². The fraction of sp³-hybridized carbons (Fsp3) is 0.667. The van der Waals surface area contributed by atoms with Gasteiger partial charge in [-0.2, -0.15) is 0 Å². The molecule has 2 nitrogen and oxygen atoms in total. The molecule has 3 heteroatoms. The number of hydrogen-bond acceptors (Lipinski definition) is 2. The number of piperidine rings is 1. The molecule has 1 heterocycles. The van der Waals surface area contributed by atoms with Gasteiger partial charge in [0.25, 0.3) is 0 Å². The van der Waals surface area contributed by atoms with Crippen molar-refractivity contribution in [2.24, 2.45) is 5.92 Å². The summed E-state index contributed by atoms with van der Waals surface area (Å²) in [5.74, 6) is 1.19. The summed E-state index contributed by atoms with van der Waals surface area (Å²) in [6.07, 6.45) is 6.50. The lowest BCUT2D eigenvalue weighted by molar-refractivity contribution is 0.0961. The van der Waals surface area contributed by atoms with Crippen molar-refractivity contribution in [1.29, 1.82) is 0 Å². The van der Waals surface area contributed by atoms with Crippen LogP contribution in [0, 0.1) is 5.92 Å². The summed E-state index contributed by atoms with van der Waals surface area (Å²) in [5, 5.41) is 0.673. The van der Waals surface area contributed by atoms with Gasteiger partial charge in [0.15, 0.2) is 5.78 Å². The topological polar surface area (TPSA) is 20.3 Å². The number of carbonyl (C=O) groups excluding carboxylic acids is 1. The van der Waals surface area contributed by atoms with Crippen LogP contribution in [0.2, 0.25) is 5.02 Å². The highest BCUT2D eigenvalue weighted by Crippen LogP contribution is 2.33. The van der Waals surface area contributed by atoms with Gasteiger partial charge in [-0.05, 0) is 68.4 Å². The first-order valence-corrected chi connectivity index (χ1v) is 9.97. The summed E-state index contributed by atoms with van der Waals surface area (Å²) in [6.45, 7) is 10.0. The minimum absolute atomic E-state index is 0.260. The lowest BCUT2D eigenvalue weighted by atomic mass is 9.84. The predicted molar refractivity (Wildman–Crippen MR) is 103 cm³/mol. The van der Waals surface area contributed by atoms with E-state index in [0.29, 0.717) is 23.3 Å². The van der Waals surface area contributed by atoms with Gasteiger partial charge in [0.2, 0.25) is 0 Å². The van der Waals surface area contributed by atoms with Crippen molar-refractivity contribution in [3.8, 4) is 0 Å². The van der Waals surface area contributed by atoms with Crippen molar-refractivity contribution in [2.45, 2.75) is 65.2 Å². The molecular formula is C21H32ClNO. The smallest absolute Gasteiger partial charge is 0.163 e. The number of Topliss-reactive ketones (excluding diaryl/α,β-unsaturated/α-hetero) is 1. The number of hydrogen-bond donors (Lipinski definition) is 0. The summed E-state index contributed by atoms with van der Waals surface area (Å²) >= 11 is 6.19. The maximum Gasteiger partial charge on any atom is 0.163 e. The number of rotatable bonds is 8. The molecule has 1 fully saturated rings. The van der Waals surface area contributed by atoms with E-state index in [1.165, 1.54) is 24.9 Å². The van der Waals surface area contributed by atoms with Crippen molar-refractivity contribution >= 4 is 17.4 Å². The minimum Gasteiger partial charge on any atom is -0.303 e. The molecule has 0 radical (unpaired) electrons. The van der Waals surface area contributed by atoms with Crippen molar-refractivity contribution in [1.82, 2.24) is 4.90 Å². The first-order valence-electron chi connectivity index (χ1n) is 9.60. The first kappa shape index (κ1) is 19.5. The molecule has 1 aromatic rings. The van der Waals surface area contributed by atoms with Crippen LogP contribution >= 0.6 is 11.6 Å². The highest BCUT2D eigenvalue weighted by atomic mass is 35.5. The van der Waals surface area contributed by atoms with E-state index >= 15 is 0 Å². The molecule has 1 aromatic carbocycles. The average molecular weight is 350 g/mol. The molecule has 2 rings (SSSR count). The molecule has 0 bridgehead atoms. The SMILES string of the molecule is CCCCN1CCC(c2ccc(Cl)cc2C(=O)CC(C)CC)CC1.